The number of cyclic esters (lactones) is 1. The van der Waals surface area contributed by atoms with Gasteiger partial charge in [-0.05, 0) is 0 Å². The van der Waals surface area contributed by atoms with Gasteiger partial charge in [0.25, 0.3) is 0 Å². The summed E-state index contributed by atoms with van der Waals surface area (Å²) in [6.07, 6.45) is -0.240. The van der Waals surface area contributed by atoms with Crippen molar-refractivity contribution in [3.05, 3.63) is 0 Å². The molecule has 1 aliphatic heterocycles. The molecule has 5 heteroatoms. The van der Waals surface area contributed by atoms with Crippen LogP contribution < -0.4 is 0 Å². The monoisotopic (exact) mass is 221 g/mol. The summed E-state index contributed by atoms with van der Waals surface area (Å²) in [6.45, 7) is 1.94. The quantitative estimate of drug-likeness (QED) is 0.492. The molecule has 0 radical (unpaired) electrons. The molecule has 1 unspecified atom stereocenters. The lowest BCUT2D eigenvalue weighted by Crippen LogP contribution is -2.35. The number of amides is 2. The van der Waals surface area contributed by atoms with Crippen molar-refractivity contribution < 1.29 is 14.3 Å². The molecule has 0 aliphatic carbocycles. The molecule has 0 aromatic heterocycles. The molecule has 1 aliphatic rings. The molecule has 0 N–H and O–H groups in total. The van der Waals surface area contributed by atoms with E-state index in [1.54, 1.807) is 6.92 Å². The van der Waals surface area contributed by atoms with Gasteiger partial charge in [-0.3, -0.25) is 4.79 Å². The molecule has 62 valence electrons. The summed E-state index contributed by atoms with van der Waals surface area (Å²) >= 11 is 3.15. The summed E-state index contributed by atoms with van der Waals surface area (Å²) < 4.78 is 4.62. The van der Waals surface area contributed by atoms with E-state index < -0.39 is 6.09 Å². The number of hydrogen-bond donors (Lipinski definition) is 0. The zero-order valence-electron chi connectivity index (χ0n) is 6.04. The highest BCUT2D eigenvalue weighted by atomic mass is 79.9. The summed E-state index contributed by atoms with van der Waals surface area (Å²) in [5.74, 6) is -0.214. The summed E-state index contributed by atoms with van der Waals surface area (Å²) in [5, 5.41) is 0. The largest absolute Gasteiger partial charge is 0.446 e. The van der Waals surface area contributed by atoms with Crippen LogP contribution in [-0.4, -0.2) is 28.5 Å². The Morgan fingerprint density at radius 3 is 2.91 bits per heavy atom. The van der Waals surface area contributed by atoms with Crippen LogP contribution in [0.1, 0.15) is 13.3 Å². The van der Waals surface area contributed by atoms with Crippen LogP contribution in [0.25, 0.3) is 0 Å². The molecule has 1 atom stereocenters. The number of nitrogens with zero attached hydrogens (tertiary/aromatic N) is 1. The fourth-order valence-corrected chi connectivity index (χ4v) is 1.35. The van der Waals surface area contributed by atoms with E-state index >= 15 is 0 Å². The molecule has 1 saturated heterocycles. The first-order valence-corrected chi connectivity index (χ1v) is 4.21. The Bertz CT molecular complexity index is 194. The van der Waals surface area contributed by atoms with Crippen molar-refractivity contribution in [2.75, 3.05) is 6.61 Å². The van der Waals surface area contributed by atoms with E-state index in [0.717, 1.165) is 4.90 Å². The zero-order valence-corrected chi connectivity index (χ0v) is 7.63. The molecular formula is C6H8BrNO3. The van der Waals surface area contributed by atoms with E-state index in [0.29, 0.717) is 6.42 Å². The second-order valence-electron chi connectivity index (χ2n) is 2.13. The van der Waals surface area contributed by atoms with Crippen molar-refractivity contribution in [3.63, 3.8) is 0 Å². The molecule has 0 aromatic rings. The van der Waals surface area contributed by atoms with Gasteiger partial charge in [-0.2, -0.15) is 0 Å². The number of halogens is 1. The van der Waals surface area contributed by atoms with E-state index in [1.165, 1.54) is 0 Å². The molecule has 0 saturated carbocycles. The van der Waals surface area contributed by atoms with Gasteiger partial charge in [-0.15, -0.1) is 0 Å². The van der Waals surface area contributed by atoms with E-state index in [9.17, 15) is 9.59 Å². The van der Waals surface area contributed by atoms with Crippen LogP contribution in [0.2, 0.25) is 0 Å². The standard InChI is InChI=1S/C6H8BrNO3/c1-2-5(9)8-4(7)3-11-6(8)10/h4H,2-3H2,1H3. The van der Waals surface area contributed by atoms with Crippen LogP contribution >= 0.6 is 15.9 Å². The molecule has 0 spiro atoms. The van der Waals surface area contributed by atoms with Gasteiger partial charge in [-0.1, -0.05) is 22.9 Å². The van der Waals surface area contributed by atoms with Crippen molar-refractivity contribution in [1.82, 2.24) is 4.90 Å². The van der Waals surface area contributed by atoms with E-state index in [-0.39, 0.29) is 17.5 Å². The Morgan fingerprint density at radius 2 is 2.55 bits per heavy atom. The van der Waals surface area contributed by atoms with E-state index in [2.05, 4.69) is 20.7 Å². The van der Waals surface area contributed by atoms with Crippen molar-refractivity contribution in [1.29, 1.82) is 0 Å². The van der Waals surface area contributed by atoms with Gasteiger partial charge < -0.3 is 4.74 Å². The average Bonchev–Trinajstić information content (AvgIpc) is 2.30. The summed E-state index contributed by atoms with van der Waals surface area (Å²) in [6, 6.07) is 0. The van der Waals surface area contributed by atoms with Crippen molar-refractivity contribution in [2.24, 2.45) is 0 Å². The van der Waals surface area contributed by atoms with Crippen LogP contribution in [0.3, 0.4) is 0 Å². The summed E-state index contributed by atoms with van der Waals surface area (Å²) in [7, 11) is 0. The van der Waals surface area contributed by atoms with Gasteiger partial charge >= 0.3 is 6.09 Å². The Kier molecular flexibility index (Phi) is 2.49. The third kappa shape index (κ3) is 1.53. The molecule has 0 bridgehead atoms. The number of alkyl halides is 1. The Morgan fingerprint density at radius 1 is 1.91 bits per heavy atom. The molecular weight excluding hydrogens is 214 g/mol. The van der Waals surface area contributed by atoms with Gasteiger partial charge in [0.2, 0.25) is 5.91 Å². The topological polar surface area (TPSA) is 46.6 Å². The number of ether oxygens (including phenoxy) is 1. The predicted octanol–water partition coefficient (Wildman–Crippen LogP) is 1.10. The molecule has 11 heavy (non-hydrogen) atoms. The van der Waals surface area contributed by atoms with Gasteiger partial charge in [-0.25, -0.2) is 9.69 Å². The minimum Gasteiger partial charge on any atom is -0.446 e. The van der Waals surface area contributed by atoms with Crippen LogP contribution in [0, 0.1) is 0 Å². The van der Waals surface area contributed by atoms with Gasteiger partial charge in [0, 0.05) is 6.42 Å². The fraction of sp³-hybridized carbons (Fsp3) is 0.667. The minimum absolute atomic E-state index is 0.214. The molecule has 0 aromatic carbocycles. The Hall–Kier alpha value is -0.580. The van der Waals surface area contributed by atoms with Crippen molar-refractivity contribution in [3.8, 4) is 0 Å². The maximum atomic E-state index is 11.0. The number of imide groups is 1. The lowest BCUT2D eigenvalue weighted by atomic mass is 10.4. The first-order valence-electron chi connectivity index (χ1n) is 3.29. The van der Waals surface area contributed by atoms with E-state index in [4.69, 9.17) is 0 Å². The molecule has 1 rings (SSSR count). The second-order valence-corrected chi connectivity index (χ2v) is 3.19. The maximum absolute atomic E-state index is 11.0. The highest BCUT2D eigenvalue weighted by Gasteiger charge is 2.34. The molecule has 4 nitrogen and oxygen atoms in total. The normalized spacial score (nSPS) is 23.6. The van der Waals surface area contributed by atoms with Crippen molar-refractivity contribution in [2.45, 2.75) is 18.3 Å². The maximum Gasteiger partial charge on any atom is 0.417 e. The smallest absolute Gasteiger partial charge is 0.417 e. The van der Waals surface area contributed by atoms with E-state index in [1.807, 2.05) is 0 Å². The predicted molar refractivity (Wildman–Crippen MR) is 41.2 cm³/mol. The first-order chi connectivity index (χ1) is 5.16. The SMILES string of the molecule is CCC(=O)N1C(=O)OCC1Br. The van der Waals surface area contributed by atoms with Gasteiger partial charge in [0.05, 0.1) is 0 Å². The summed E-state index contributed by atoms with van der Waals surface area (Å²) in [4.78, 5) is 22.7. The average molecular weight is 222 g/mol. The highest BCUT2D eigenvalue weighted by Crippen LogP contribution is 2.18. The Labute approximate surface area is 72.6 Å². The van der Waals surface area contributed by atoms with Crippen molar-refractivity contribution >= 4 is 27.9 Å². The third-order valence-electron chi connectivity index (χ3n) is 1.39. The number of hydrogen-bond acceptors (Lipinski definition) is 3. The minimum atomic E-state index is -0.557. The molecule has 1 heterocycles. The van der Waals surface area contributed by atoms with Crippen LogP contribution in [0.5, 0.6) is 0 Å². The molecule has 1 fully saturated rings. The lowest BCUT2D eigenvalue weighted by Gasteiger charge is -2.12. The number of carbonyl (C=O) groups is 2. The third-order valence-corrected chi connectivity index (χ3v) is 2.07. The van der Waals surface area contributed by atoms with Crippen LogP contribution in [0.4, 0.5) is 4.79 Å². The van der Waals surface area contributed by atoms with Crippen LogP contribution in [-0.2, 0) is 9.53 Å². The first kappa shape index (κ1) is 8.52. The molecule has 2 amide bonds. The number of carbonyl (C=O) groups excluding carboxylic acids is 2. The fourth-order valence-electron chi connectivity index (χ4n) is 0.827. The highest BCUT2D eigenvalue weighted by molar-refractivity contribution is 9.09. The van der Waals surface area contributed by atoms with Gasteiger partial charge in [0.15, 0.2) is 0 Å². The zero-order chi connectivity index (χ0) is 8.43. The lowest BCUT2D eigenvalue weighted by molar-refractivity contribution is -0.127. The van der Waals surface area contributed by atoms with Crippen LogP contribution in [0.15, 0.2) is 0 Å². The number of rotatable bonds is 1. The summed E-state index contributed by atoms with van der Waals surface area (Å²) in [5.41, 5.74) is 0. The van der Waals surface area contributed by atoms with Gasteiger partial charge in [0.1, 0.15) is 11.6 Å². The second kappa shape index (κ2) is 3.21. The Balaban J connectivity index is 2.68.